The number of rotatable bonds is 9. The maximum Gasteiger partial charge on any atom is 0.188 e. The van der Waals surface area contributed by atoms with E-state index in [1.165, 1.54) is 19.3 Å². The molecule has 0 bridgehead atoms. The van der Waals surface area contributed by atoms with Gasteiger partial charge < -0.3 is 20.4 Å². The summed E-state index contributed by atoms with van der Waals surface area (Å²) in [5, 5.41) is 11.8. The summed E-state index contributed by atoms with van der Waals surface area (Å²) < 4.78 is 7.57. The van der Waals surface area contributed by atoms with Gasteiger partial charge in [0.2, 0.25) is 0 Å². The average molecular weight is 450 g/mol. The van der Waals surface area contributed by atoms with E-state index in [0.717, 1.165) is 63.6 Å². The Hall–Kier alpha value is -0.900. The first-order valence-corrected chi connectivity index (χ1v) is 8.83. The van der Waals surface area contributed by atoms with Crippen LogP contribution in [0.1, 0.15) is 50.7 Å². The van der Waals surface area contributed by atoms with E-state index in [9.17, 15) is 0 Å². The summed E-state index contributed by atoms with van der Waals surface area (Å²) in [5.74, 6) is 2.76. The number of aryl methyl sites for hydroxylation is 2. The molecule has 0 spiro atoms. The normalized spacial score (nSPS) is 14.6. The number of aliphatic imine (C=N–C) groups is 1. The van der Waals surface area contributed by atoms with Crippen molar-refractivity contribution in [3.8, 4) is 0 Å². The fourth-order valence-electron chi connectivity index (χ4n) is 2.76. The molecule has 0 fully saturated rings. The van der Waals surface area contributed by atoms with Gasteiger partial charge in [0.25, 0.3) is 0 Å². The molecule has 1 aliphatic heterocycles. The van der Waals surface area contributed by atoms with Crippen LogP contribution in [0, 0.1) is 0 Å². The minimum absolute atomic E-state index is 0. The number of hydrogen-bond acceptors (Lipinski definition) is 4. The van der Waals surface area contributed by atoms with Crippen molar-refractivity contribution in [3.63, 3.8) is 0 Å². The molecule has 138 valence electrons. The number of fused-ring (bicyclic) bond motifs is 1. The zero-order valence-electron chi connectivity index (χ0n) is 14.7. The van der Waals surface area contributed by atoms with Crippen LogP contribution < -0.4 is 11.1 Å². The first-order chi connectivity index (χ1) is 11.3. The molecule has 7 nitrogen and oxygen atoms in total. The van der Waals surface area contributed by atoms with Crippen molar-refractivity contribution in [1.82, 2.24) is 20.1 Å². The van der Waals surface area contributed by atoms with Crippen LogP contribution in [-0.4, -0.2) is 47.0 Å². The lowest BCUT2D eigenvalue weighted by Crippen LogP contribution is -2.33. The summed E-state index contributed by atoms with van der Waals surface area (Å²) in [7, 11) is 0. The van der Waals surface area contributed by atoms with E-state index in [-0.39, 0.29) is 24.0 Å². The van der Waals surface area contributed by atoms with Gasteiger partial charge in [-0.2, -0.15) is 0 Å². The second-order valence-electron chi connectivity index (χ2n) is 5.84. The number of guanidine groups is 1. The Bertz CT molecular complexity index is 491. The standard InChI is InChI=1S/C16H30N6O.HI/c1-2-23-13-7-11-19-16(17)18-10-6-9-15-21-20-14-8-4-3-5-12-22(14)15;/h2-13H2,1H3,(H3,17,18,19);1H. The number of aromatic nitrogens is 3. The Morgan fingerprint density at radius 1 is 1.29 bits per heavy atom. The molecule has 24 heavy (non-hydrogen) atoms. The van der Waals surface area contributed by atoms with E-state index in [0.29, 0.717) is 12.5 Å². The second kappa shape index (κ2) is 12.5. The van der Waals surface area contributed by atoms with Gasteiger partial charge in [0.1, 0.15) is 11.6 Å². The lowest BCUT2D eigenvalue weighted by Gasteiger charge is -2.07. The van der Waals surface area contributed by atoms with Crippen LogP contribution in [0.25, 0.3) is 0 Å². The van der Waals surface area contributed by atoms with Crippen LogP contribution in [0.5, 0.6) is 0 Å². The number of ether oxygens (including phenoxy) is 1. The molecule has 1 aromatic heterocycles. The molecule has 0 radical (unpaired) electrons. The van der Waals surface area contributed by atoms with Crippen molar-refractivity contribution < 1.29 is 4.74 Å². The number of nitrogens with zero attached hydrogens (tertiary/aromatic N) is 4. The molecule has 8 heteroatoms. The molecule has 0 saturated carbocycles. The summed E-state index contributed by atoms with van der Waals surface area (Å²) in [5.41, 5.74) is 5.84. The molecule has 0 atom stereocenters. The third-order valence-corrected chi connectivity index (χ3v) is 4.00. The first kappa shape index (κ1) is 21.1. The lowest BCUT2D eigenvalue weighted by atomic mass is 10.2. The highest BCUT2D eigenvalue weighted by atomic mass is 127. The maximum absolute atomic E-state index is 5.84. The summed E-state index contributed by atoms with van der Waals surface area (Å²) in [4.78, 5) is 4.36. The van der Waals surface area contributed by atoms with Crippen LogP contribution in [0.3, 0.4) is 0 Å². The number of nitrogens with one attached hydrogen (secondary N) is 1. The van der Waals surface area contributed by atoms with Crippen molar-refractivity contribution in [2.24, 2.45) is 10.7 Å². The van der Waals surface area contributed by atoms with Gasteiger partial charge in [-0.1, -0.05) is 6.42 Å². The van der Waals surface area contributed by atoms with Gasteiger partial charge in [-0.15, -0.1) is 34.2 Å². The summed E-state index contributed by atoms with van der Waals surface area (Å²) in [6.07, 6.45) is 7.61. The Morgan fingerprint density at radius 3 is 3.00 bits per heavy atom. The average Bonchev–Trinajstić information content (AvgIpc) is 2.78. The molecular weight excluding hydrogens is 419 g/mol. The van der Waals surface area contributed by atoms with Crippen LogP contribution in [-0.2, 0) is 24.1 Å². The largest absolute Gasteiger partial charge is 0.382 e. The topological polar surface area (TPSA) is 90.3 Å². The van der Waals surface area contributed by atoms with Gasteiger partial charge in [0.05, 0.1) is 0 Å². The van der Waals surface area contributed by atoms with Gasteiger partial charge in [-0.05, 0) is 32.6 Å². The number of halogens is 1. The molecule has 0 amide bonds. The predicted octanol–water partition coefficient (Wildman–Crippen LogP) is 1.89. The fourth-order valence-corrected chi connectivity index (χ4v) is 2.76. The molecule has 2 rings (SSSR count). The molecular formula is C16H31IN6O. The molecule has 0 unspecified atom stereocenters. The van der Waals surface area contributed by atoms with E-state index >= 15 is 0 Å². The summed E-state index contributed by atoms with van der Waals surface area (Å²) in [6, 6.07) is 0. The number of hydrogen-bond donors (Lipinski definition) is 2. The second-order valence-corrected chi connectivity index (χ2v) is 5.84. The minimum atomic E-state index is 0. The van der Waals surface area contributed by atoms with Crippen molar-refractivity contribution in [2.75, 3.05) is 26.3 Å². The van der Waals surface area contributed by atoms with Gasteiger partial charge in [0, 0.05) is 45.7 Å². The van der Waals surface area contributed by atoms with E-state index in [4.69, 9.17) is 10.5 Å². The summed E-state index contributed by atoms with van der Waals surface area (Å²) in [6.45, 7) is 6.09. The van der Waals surface area contributed by atoms with Crippen molar-refractivity contribution in [3.05, 3.63) is 11.6 Å². The monoisotopic (exact) mass is 450 g/mol. The fraction of sp³-hybridized carbons (Fsp3) is 0.812. The molecule has 2 heterocycles. The SMILES string of the molecule is CCOCCCNC(N)=NCCCc1nnc2n1CCCCC2.I. The minimum Gasteiger partial charge on any atom is -0.382 e. The molecule has 0 aromatic carbocycles. The molecule has 1 aliphatic rings. The van der Waals surface area contributed by atoms with E-state index < -0.39 is 0 Å². The number of nitrogens with two attached hydrogens (primary N) is 1. The van der Waals surface area contributed by atoms with E-state index in [2.05, 4.69) is 25.1 Å². The van der Waals surface area contributed by atoms with Gasteiger partial charge in [0.15, 0.2) is 5.96 Å². The third-order valence-electron chi connectivity index (χ3n) is 4.00. The van der Waals surface area contributed by atoms with Gasteiger partial charge in [-0.25, -0.2) is 0 Å². The van der Waals surface area contributed by atoms with Crippen LogP contribution in [0.15, 0.2) is 4.99 Å². The van der Waals surface area contributed by atoms with Gasteiger partial charge in [-0.3, -0.25) is 4.99 Å². The summed E-state index contributed by atoms with van der Waals surface area (Å²) >= 11 is 0. The van der Waals surface area contributed by atoms with Crippen molar-refractivity contribution >= 4 is 29.9 Å². The third kappa shape index (κ3) is 7.33. The molecule has 3 N–H and O–H groups in total. The van der Waals surface area contributed by atoms with E-state index in [1.807, 2.05) is 6.92 Å². The van der Waals surface area contributed by atoms with Crippen LogP contribution in [0.4, 0.5) is 0 Å². The quantitative estimate of drug-likeness (QED) is 0.260. The Morgan fingerprint density at radius 2 is 2.17 bits per heavy atom. The zero-order chi connectivity index (χ0) is 16.3. The molecule has 1 aromatic rings. The lowest BCUT2D eigenvalue weighted by molar-refractivity contribution is 0.145. The highest BCUT2D eigenvalue weighted by Gasteiger charge is 2.13. The Balaban J connectivity index is 0.00000288. The van der Waals surface area contributed by atoms with Crippen molar-refractivity contribution in [1.29, 1.82) is 0 Å². The van der Waals surface area contributed by atoms with Crippen molar-refractivity contribution in [2.45, 2.75) is 58.4 Å². The van der Waals surface area contributed by atoms with Crippen LogP contribution >= 0.6 is 24.0 Å². The molecule has 0 saturated heterocycles. The van der Waals surface area contributed by atoms with Gasteiger partial charge >= 0.3 is 0 Å². The highest BCUT2D eigenvalue weighted by molar-refractivity contribution is 14.0. The molecule has 0 aliphatic carbocycles. The smallest absolute Gasteiger partial charge is 0.188 e. The maximum atomic E-state index is 5.84. The Kier molecular flexibility index (Phi) is 11.0. The van der Waals surface area contributed by atoms with Crippen LogP contribution in [0.2, 0.25) is 0 Å². The zero-order valence-corrected chi connectivity index (χ0v) is 17.0. The Labute approximate surface area is 161 Å². The first-order valence-electron chi connectivity index (χ1n) is 8.83. The van der Waals surface area contributed by atoms with E-state index in [1.54, 1.807) is 0 Å². The predicted molar refractivity (Wildman–Crippen MR) is 107 cm³/mol. The highest BCUT2D eigenvalue weighted by Crippen LogP contribution is 2.15.